The fourth-order valence-corrected chi connectivity index (χ4v) is 3.27. The molecule has 0 bridgehead atoms. The molecule has 0 aliphatic carbocycles. The Kier molecular flexibility index (Phi) is 4.29. The molecule has 3 nitrogen and oxygen atoms in total. The van der Waals surface area contributed by atoms with Crippen molar-refractivity contribution in [1.29, 1.82) is 0 Å². The highest BCUT2D eigenvalue weighted by atomic mass is 32.1. The third kappa shape index (κ3) is 3.22. The van der Waals surface area contributed by atoms with Gasteiger partial charge in [0.1, 0.15) is 5.75 Å². The molecule has 0 amide bonds. The lowest BCUT2D eigenvalue weighted by Crippen LogP contribution is -2.13. The average molecular weight is 313 g/mol. The van der Waals surface area contributed by atoms with E-state index in [1.54, 1.807) is 3.96 Å². The van der Waals surface area contributed by atoms with Gasteiger partial charge in [-0.1, -0.05) is 49.6 Å². The molecule has 0 spiro atoms. The molecule has 4 heteroatoms. The molecule has 3 aromatic rings. The zero-order chi connectivity index (χ0) is 15.5. The molecule has 114 valence electrons. The van der Waals surface area contributed by atoms with Crippen molar-refractivity contribution in [3.63, 3.8) is 0 Å². The second kappa shape index (κ2) is 6.36. The smallest absolute Gasteiger partial charge is 0.268 e. The van der Waals surface area contributed by atoms with Crippen LogP contribution >= 0.6 is 11.5 Å². The van der Waals surface area contributed by atoms with Crippen LogP contribution < -0.4 is 10.3 Å². The van der Waals surface area contributed by atoms with Crippen molar-refractivity contribution in [3.8, 4) is 5.75 Å². The molecule has 22 heavy (non-hydrogen) atoms. The summed E-state index contributed by atoms with van der Waals surface area (Å²) in [4.78, 5) is 12.3. The fourth-order valence-electron chi connectivity index (χ4n) is 2.24. The fraction of sp³-hybridized carbons (Fsp3) is 0.278. The summed E-state index contributed by atoms with van der Waals surface area (Å²) >= 11 is 1.51. The van der Waals surface area contributed by atoms with Crippen molar-refractivity contribution in [2.75, 3.05) is 6.61 Å². The van der Waals surface area contributed by atoms with Crippen molar-refractivity contribution in [3.05, 3.63) is 64.4 Å². The van der Waals surface area contributed by atoms with Crippen LogP contribution in [0.5, 0.6) is 5.75 Å². The monoisotopic (exact) mass is 313 g/mol. The molecule has 0 radical (unpaired) electrons. The van der Waals surface area contributed by atoms with E-state index in [0.29, 0.717) is 12.5 Å². The molecule has 0 saturated heterocycles. The highest BCUT2D eigenvalue weighted by molar-refractivity contribution is 7.13. The summed E-state index contributed by atoms with van der Waals surface area (Å²) in [5.41, 5.74) is 1.19. The number of aromatic nitrogens is 1. The molecule has 0 aliphatic rings. The quantitative estimate of drug-likeness (QED) is 0.708. The third-order valence-electron chi connectivity index (χ3n) is 3.39. The van der Waals surface area contributed by atoms with Gasteiger partial charge in [-0.3, -0.25) is 8.75 Å². The first-order chi connectivity index (χ1) is 10.6. The van der Waals surface area contributed by atoms with E-state index in [4.69, 9.17) is 4.74 Å². The van der Waals surface area contributed by atoms with Gasteiger partial charge in [-0.05, 0) is 35.7 Å². The summed E-state index contributed by atoms with van der Waals surface area (Å²) in [6.45, 7) is 5.57. The first kappa shape index (κ1) is 14.9. The predicted octanol–water partition coefficient (Wildman–Crippen LogP) is 4.15. The van der Waals surface area contributed by atoms with Crippen LogP contribution in [0.2, 0.25) is 0 Å². The molecular formula is C18H19NO2S. The largest absolute Gasteiger partial charge is 0.493 e. The number of benzene rings is 2. The summed E-state index contributed by atoms with van der Waals surface area (Å²) in [7, 11) is 0. The van der Waals surface area contributed by atoms with Crippen molar-refractivity contribution in [1.82, 2.24) is 3.96 Å². The Balaban J connectivity index is 1.77. The minimum atomic E-state index is 0.0840. The molecule has 0 saturated carbocycles. The molecular weight excluding hydrogens is 294 g/mol. The zero-order valence-electron chi connectivity index (χ0n) is 12.8. The SMILES string of the molecule is CC(C)COc1ccc(Cn2sc3ccccc3c2=O)cc1. The Morgan fingerprint density at radius 3 is 2.50 bits per heavy atom. The zero-order valence-corrected chi connectivity index (χ0v) is 13.6. The van der Waals surface area contributed by atoms with Crippen molar-refractivity contribution >= 4 is 21.6 Å². The van der Waals surface area contributed by atoms with E-state index in [1.165, 1.54) is 11.5 Å². The Hall–Kier alpha value is -2.07. The van der Waals surface area contributed by atoms with Gasteiger partial charge in [0, 0.05) is 0 Å². The van der Waals surface area contributed by atoms with E-state index in [9.17, 15) is 4.79 Å². The first-order valence-corrected chi connectivity index (χ1v) is 8.21. The van der Waals surface area contributed by atoms with E-state index in [0.717, 1.165) is 28.0 Å². The third-order valence-corrected chi connectivity index (χ3v) is 4.45. The molecule has 2 aromatic carbocycles. The van der Waals surface area contributed by atoms with E-state index in [1.807, 2.05) is 48.5 Å². The van der Waals surface area contributed by atoms with Crippen LogP contribution in [0.1, 0.15) is 19.4 Å². The predicted molar refractivity (Wildman–Crippen MR) is 92.0 cm³/mol. The molecule has 0 unspecified atom stereocenters. The molecule has 1 heterocycles. The van der Waals surface area contributed by atoms with Crippen molar-refractivity contribution < 1.29 is 4.74 Å². The van der Waals surface area contributed by atoms with Crippen LogP contribution in [0.15, 0.2) is 53.3 Å². The number of hydrogen-bond acceptors (Lipinski definition) is 3. The van der Waals surface area contributed by atoms with E-state index < -0.39 is 0 Å². The lowest BCUT2D eigenvalue weighted by atomic mass is 10.2. The van der Waals surface area contributed by atoms with Crippen molar-refractivity contribution in [2.45, 2.75) is 20.4 Å². The standard InChI is InChI=1S/C18H19NO2S/c1-13(2)12-21-15-9-7-14(8-10-15)11-19-18(20)16-5-3-4-6-17(16)22-19/h3-10,13H,11-12H2,1-2H3. The number of fused-ring (bicyclic) bond motifs is 1. The van der Waals surface area contributed by atoms with Crippen LogP contribution in [0.3, 0.4) is 0 Å². The van der Waals surface area contributed by atoms with E-state index in [-0.39, 0.29) is 5.56 Å². The molecule has 1 aromatic heterocycles. The molecule has 0 atom stereocenters. The van der Waals surface area contributed by atoms with Crippen LogP contribution in [0.25, 0.3) is 10.1 Å². The maximum absolute atomic E-state index is 12.3. The van der Waals surface area contributed by atoms with Gasteiger partial charge in [-0.25, -0.2) is 0 Å². The first-order valence-electron chi connectivity index (χ1n) is 7.44. The lowest BCUT2D eigenvalue weighted by Gasteiger charge is -2.09. The van der Waals surface area contributed by atoms with Crippen LogP contribution in [0, 0.1) is 5.92 Å². The molecule has 0 aliphatic heterocycles. The summed E-state index contributed by atoms with van der Waals surface area (Å²) in [6, 6.07) is 15.7. The van der Waals surface area contributed by atoms with Gasteiger partial charge in [0.2, 0.25) is 0 Å². The molecule has 0 fully saturated rings. The topological polar surface area (TPSA) is 31.2 Å². The van der Waals surface area contributed by atoms with E-state index in [2.05, 4.69) is 13.8 Å². The Labute approximate surface area is 133 Å². The van der Waals surface area contributed by atoms with Gasteiger partial charge in [0.15, 0.2) is 0 Å². The number of hydrogen-bond donors (Lipinski definition) is 0. The summed E-state index contributed by atoms with van der Waals surface area (Å²) in [5, 5.41) is 0.796. The normalized spacial score (nSPS) is 11.2. The van der Waals surface area contributed by atoms with Crippen molar-refractivity contribution in [2.24, 2.45) is 5.92 Å². The Morgan fingerprint density at radius 2 is 1.82 bits per heavy atom. The number of ether oxygens (including phenoxy) is 1. The van der Waals surface area contributed by atoms with Crippen LogP contribution in [0.4, 0.5) is 0 Å². The number of rotatable bonds is 5. The Morgan fingerprint density at radius 1 is 1.09 bits per heavy atom. The molecule has 3 rings (SSSR count). The highest BCUT2D eigenvalue weighted by Crippen LogP contribution is 2.18. The molecule has 0 N–H and O–H groups in total. The summed E-state index contributed by atoms with van der Waals surface area (Å²) < 4.78 is 8.51. The van der Waals surface area contributed by atoms with E-state index >= 15 is 0 Å². The van der Waals surface area contributed by atoms with Gasteiger partial charge >= 0.3 is 0 Å². The van der Waals surface area contributed by atoms with Gasteiger partial charge in [0.05, 0.1) is 23.2 Å². The van der Waals surface area contributed by atoms with Crippen LogP contribution in [-0.2, 0) is 6.54 Å². The van der Waals surface area contributed by atoms with Crippen LogP contribution in [-0.4, -0.2) is 10.6 Å². The van der Waals surface area contributed by atoms with Gasteiger partial charge in [-0.15, -0.1) is 0 Å². The maximum atomic E-state index is 12.3. The minimum Gasteiger partial charge on any atom is -0.493 e. The minimum absolute atomic E-state index is 0.0840. The Bertz CT molecular complexity index is 815. The highest BCUT2D eigenvalue weighted by Gasteiger charge is 2.07. The maximum Gasteiger partial charge on any atom is 0.268 e. The number of nitrogens with zero attached hydrogens (tertiary/aromatic N) is 1. The average Bonchev–Trinajstić information content (AvgIpc) is 2.83. The second-order valence-corrected chi connectivity index (χ2v) is 6.84. The van der Waals surface area contributed by atoms with Gasteiger partial charge in [-0.2, -0.15) is 0 Å². The second-order valence-electron chi connectivity index (χ2n) is 5.78. The summed E-state index contributed by atoms with van der Waals surface area (Å²) in [5.74, 6) is 1.39. The summed E-state index contributed by atoms with van der Waals surface area (Å²) in [6.07, 6.45) is 0. The lowest BCUT2D eigenvalue weighted by molar-refractivity contribution is 0.271. The van der Waals surface area contributed by atoms with Gasteiger partial charge < -0.3 is 4.74 Å². The van der Waals surface area contributed by atoms with Gasteiger partial charge in [0.25, 0.3) is 5.56 Å².